The summed E-state index contributed by atoms with van der Waals surface area (Å²) in [5, 5.41) is 12.9. The van der Waals surface area contributed by atoms with Gasteiger partial charge in [-0.2, -0.15) is 5.10 Å². The van der Waals surface area contributed by atoms with Gasteiger partial charge in [-0.1, -0.05) is 0 Å². The molecular formula is C15H13N3O4. The number of nitrogens with zero attached hydrogens (tertiary/aromatic N) is 2. The van der Waals surface area contributed by atoms with Gasteiger partial charge in [0.1, 0.15) is 5.75 Å². The highest BCUT2D eigenvalue weighted by Crippen LogP contribution is 2.12. The van der Waals surface area contributed by atoms with Gasteiger partial charge in [0, 0.05) is 23.5 Å². The number of methoxy groups -OCH3 is 1. The number of hydrogen-bond acceptors (Lipinski definition) is 5. The first-order chi connectivity index (χ1) is 10.6. The Balaban J connectivity index is 2.20. The largest absolute Gasteiger partial charge is 0.497 e. The molecule has 0 aliphatic carbocycles. The summed E-state index contributed by atoms with van der Waals surface area (Å²) in [6.45, 7) is 0. The zero-order valence-electron chi connectivity index (χ0n) is 11.7. The Kier molecular flexibility index (Phi) is 4.81. The lowest BCUT2D eigenvalue weighted by atomic mass is 10.1. The Bertz CT molecular complexity index is 696. The van der Waals surface area contributed by atoms with E-state index in [9.17, 15) is 14.7 Å². The molecule has 7 heteroatoms. The number of ether oxygens (including phenoxy) is 1. The van der Waals surface area contributed by atoms with Crippen molar-refractivity contribution in [1.82, 2.24) is 10.4 Å². The Hall–Kier alpha value is -3.22. The molecule has 0 unspecified atom stereocenters. The van der Waals surface area contributed by atoms with Crippen LogP contribution in [0.5, 0.6) is 5.75 Å². The van der Waals surface area contributed by atoms with E-state index in [1.807, 2.05) is 0 Å². The summed E-state index contributed by atoms with van der Waals surface area (Å²) in [4.78, 5) is 26.9. The highest BCUT2D eigenvalue weighted by Gasteiger charge is 2.14. The predicted octanol–water partition coefficient (Wildman–Crippen LogP) is 1.31. The lowest BCUT2D eigenvalue weighted by Crippen LogP contribution is -2.24. The maximum absolute atomic E-state index is 11.8. The molecular weight excluding hydrogens is 286 g/mol. The summed E-state index contributed by atoms with van der Waals surface area (Å²) in [6.07, 6.45) is 2.92. The minimum absolute atomic E-state index is 0.273. The van der Waals surface area contributed by atoms with Gasteiger partial charge < -0.3 is 9.84 Å². The third-order valence-corrected chi connectivity index (χ3v) is 2.78. The quantitative estimate of drug-likeness (QED) is 0.640. The Labute approximate surface area is 126 Å². The molecule has 0 fully saturated rings. The number of hydrogen-bond donors (Lipinski definition) is 2. The SMILES string of the molecule is COc1ccc(C(=NNC(=O)c2ccncc2)C(=O)O)cc1. The van der Waals surface area contributed by atoms with Gasteiger partial charge in [-0.15, -0.1) is 0 Å². The van der Waals surface area contributed by atoms with E-state index < -0.39 is 11.9 Å². The number of hydrazone groups is 1. The van der Waals surface area contributed by atoms with Crippen molar-refractivity contribution in [3.63, 3.8) is 0 Å². The smallest absolute Gasteiger partial charge is 0.356 e. The van der Waals surface area contributed by atoms with Gasteiger partial charge in [-0.3, -0.25) is 9.78 Å². The first-order valence-corrected chi connectivity index (χ1v) is 6.27. The van der Waals surface area contributed by atoms with E-state index in [4.69, 9.17) is 4.74 Å². The van der Waals surface area contributed by atoms with E-state index in [0.717, 1.165) is 0 Å². The molecule has 22 heavy (non-hydrogen) atoms. The third kappa shape index (κ3) is 3.66. The van der Waals surface area contributed by atoms with Crippen LogP contribution in [0.3, 0.4) is 0 Å². The number of carboxylic acids is 1. The van der Waals surface area contributed by atoms with E-state index in [-0.39, 0.29) is 5.71 Å². The molecule has 2 N–H and O–H groups in total. The zero-order valence-corrected chi connectivity index (χ0v) is 11.7. The molecule has 0 aliphatic heterocycles. The van der Waals surface area contributed by atoms with Crippen molar-refractivity contribution in [3.8, 4) is 5.75 Å². The number of aromatic nitrogens is 1. The fraction of sp³-hybridized carbons (Fsp3) is 0.0667. The van der Waals surface area contributed by atoms with Crippen LogP contribution in [-0.2, 0) is 4.79 Å². The zero-order chi connectivity index (χ0) is 15.9. The number of carbonyl (C=O) groups is 2. The molecule has 1 amide bonds. The highest BCUT2D eigenvalue weighted by molar-refractivity contribution is 6.42. The summed E-state index contributed by atoms with van der Waals surface area (Å²) in [6, 6.07) is 9.31. The van der Waals surface area contributed by atoms with Crippen molar-refractivity contribution in [2.45, 2.75) is 0 Å². The fourth-order valence-electron chi connectivity index (χ4n) is 1.66. The Morgan fingerprint density at radius 1 is 1.09 bits per heavy atom. The van der Waals surface area contributed by atoms with Crippen molar-refractivity contribution in [3.05, 3.63) is 59.9 Å². The van der Waals surface area contributed by atoms with Crippen molar-refractivity contribution in [1.29, 1.82) is 0 Å². The average Bonchev–Trinajstić information content (AvgIpc) is 2.56. The first-order valence-electron chi connectivity index (χ1n) is 6.27. The van der Waals surface area contributed by atoms with Crippen molar-refractivity contribution in [2.75, 3.05) is 7.11 Å². The average molecular weight is 299 g/mol. The van der Waals surface area contributed by atoms with Crippen LogP contribution in [0.2, 0.25) is 0 Å². The molecule has 2 rings (SSSR count). The second-order valence-corrected chi connectivity index (χ2v) is 4.17. The summed E-state index contributed by atoms with van der Waals surface area (Å²) in [5.41, 5.74) is 2.63. The summed E-state index contributed by atoms with van der Waals surface area (Å²) in [7, 11) is 1.51. The van der Waals surface area contributed by atoms with Crippen LogP contribution in [-0.4, -0.2) is 34.8 Å². The van der Waals surface area contributed by atoms with Crippen LogP contribution >= 0.6 is 0 Å². The molecule has 112 valence electrons. The van der Waals surface area contributed by atoms with E-state index in [1.54, 1.807) is 24.3 Å². The highest BCUT2D eigenvalue weighted by atomic mass is 16.5. The van der Waals surface area contributed by atoms with Crippen LogP contribution < -0.4 is 10.2 Å². The van der Waals surface area contributed by atoms with Gasteiger partial charge in [0.15, 0.2) is 5.71 Å². The van der Waals surface area contributed by atoms with Crippen LogP contribution in [0.25, 0.3) is 0 Å². The molecule has 1 aromatic carbocycles. The van der Waals surface area contributed by atoms with E-state index in [0.29, 0.717) is 16.9 Å². The second-order valence-electron chi connectivity index (χ2n) is 4.17. The second kappa shape index (κ2) is 6.98. The number of carbonyl (C=O) groups excluding carboxylic acids is 1. The van der Waals surface area contributed by atoms with Gasteiger partial charge in [0.25, 0.3) is 5.91 Å². The molecule has 0 atom stereocenters. The van der Waals surface area contributed by atoms with Crippen LogP contribution in [0.4, 0.5) is 0 Å². The van der Waals surface area contributed by atoms with E-state index >= 15 is 0 Å². The number of nitrogens with one attached hydrogen (secondary N) is 1. The number of aliphatic carboxylic acids is 1. The van der Waals surface area contributed by atoms with Gasteiger partial charge in [0.2, 0.25) is 0 Å². The van der Waals surface area contributed by atoms with Crippen LogP contribution in [0, 0.1) is 0 Å². The minimum atomic E-state index is -1.25. The fourth-order valence-corrected chi connectivity index (χ4v) is 1.66. The molecule has 7 nitrogen and oxygen atoms in total. The molecule has 1 heterocycles. The maximum atomic E-state index is 11.8. The molecule has 1 aromatic heterocycles. The Morgan fingerprint density at radius 2 is 1.73 bits per heavy atom. The number of carboxylic acid groups (broad SMARTS) is 1. The molecule has 0 saturated carbocycles. The standard InChI is InChI=1S/C15H13N3O4/c1-22-12-4-2-10(3-5-12)13(15(20)21)17-18-14(19)11-6-8-16-9-7-11/h2-9H,1H3,(H,18,19)(H,20,21). The lowest BCUT2D eigenvalue weighted by molar-refractivity contribution is -0.129. The van der Waals surface area contributed by atoms with Gasteiger partial charge in [-0.25, -0.2) is 10.2 Å². The van der Waals surface area contributed by atoms with Crippen molar-refractivity contribution < 1.29 is 19.4 Å². The number of rotatable bonds is 5. The van der Waals surface area contributed by atoms with E-state index in [1.165, 1.54) is 31.6 Å². The van der Waals surface area contributed by atoms with Gasteiger partial charge >= 0.3 is 5.97 Å². The maximum Gasteiger partial charge on any atom is 0.356 e. The molecule has 0 spiro atoms. The van der Waals surface area contributed by atoms with Crippen molar-refractivity contribution >= 4 is 17.6 Å². The van der Waals surface area contributed by atoms with Gasteiger partial charge in [0.05, 0.1) is 7.11 Å². The summed E-state index contributed by atoms with van der Waals surface area (Å²) in [5.74, 6) is -1.18. The minimum Gasteiger partial charge on any atom is -0.497 e. The molecule has 2 aromatic rings. The van der Waals surface area contributed by atoms with Crippen LogP contribution in [0.15, 0.2) is 53.9 Å². The Morgan fingerprint density at radius 3 is 2.27 bits per heavy atom. The molecule has 0 bridgehead atoms. The number of benzene rings is 1. The van der Waals surface area contributed by atoms with Gasteiger partial charge in [-0.05, 0) is 36.4 Å². The third-order valence-electron chi connectivity index (χ3n) is 2.78. The predicted molar refractivity (Wildman–Crippen MR) is 78.9 cm³/mol. The number of amides is 1. The van der Waals surface area contributed by atoms with Crippen molar-refractivity contribution in [2.24, 2.45) is 5.10 Å². The topological polar surface area (TPSA) is 101 Å². The lowest BCUT2D eigenvalue weighted by Gasteiger charge is -2.05. The summed E-state index contributed by atoms with van der Waals surface area (Å²) >= 11 is 0. The number of pyridine rings is 1. The molecule has 0 radical (unpaired) electrons. The molecule has 0 saturated heterocycles. The normalized spacial score (nSPS) is 10.9. The first kappa shape index (κ1) is 15.2. The molecule has 0 aliphatic rings. The van der Waals surface area contributed by atoms with Crippen LogP contribution in [0.1, 0.15) is 15.9 Å². The summed E-state index contributed by atoms with van der Waals surface area (Å²) < 4.78 is 5.00. The monoisotopic (exact) mass is 299 g/mol. The van der Waals surface area contributed by atoms with E-state index in [2.05, 4.69) is 15.5 Å².